The zero-order valence-corrected chi connectivity index (χ0v) is 11.5. The zero-order chi connectivity index (χ0) is 15.1. The van der Waals surface area contributed by atoms with Crippen LogP contribution in [0.3, 0.4) is 0 Å². The van der Waals surface area contributed by atoms with Crippen molar-refractivity contribution in [2.75, 3.05) is 13.6 Å². The Morgan fingerprint density at radius 1 is 1.30 bits per heavy atom. The molecular formula is C14H20N2O4. The second-order valence-corrected chi connectivity index (χ2v) is 4.73. The summed E-state index contributed by atoms with van der Waals surface area (Å²) in [5, 5.41) is 17.7. The Balaban J connectivity index is 2.45. The zero-order valence-electron chi connectivity index (χ0n) is 11.5. The van der Waals surface area contributed by atoms with Crippen LogP contribution in [0.5, 0.6) is 5.75 Å². The number of phenolic OH excluding ortho intramolecular Hbond substituents is 1. The van der Waals surface area contributed by atoms with Crippen LogP contribution in [0.2, 0.25) is 0 Å². The Labute approximate surface area is 117 Å². The van der Waals surface area contributed by atoms with E-state index in [9.17, 15) is 14.7 Å². The van der Waals surface area contributed by atoms with Gasteiger partial charge in [-0.25, -0.2) is 0 Å². The van der Waals surface area contributed by atoms with E-state index in [1.165, 1.54) is 4.90 Å². The van der Waals surface area contributed by atoms with Crippen LogP contribution < -0.4 is 5.73 Å². The number of aromatic hydroxyl groups is 1. The number of phenols is 1. The van der Waals surface area contributed by atoms with Gasteiger partial charge in [-0.1, -0.05) is 12.1 Å². The van der Waals surface area contributed by atoms with E-state index in [0.29, 0.717) is 19.4 Å². The van der Waals surface area contributed by atoms with E-state index in [-0.39, 0.29) is 18.1 Å². The minimum atomic E-state index is -0.876. The van der Waals surface area contributed by atoms with Gasteiger partial charge in [-0.05, 0) is 30.5 Å². The first kappa shape index (κ1) is 16.0. The molecule has 0 heterocycles. The molecule has 0 saturated carbocycles. The third-order valence-corrected chi connectivity index (χ3v) is 2.97. The Hall–Kier alpha value is -2.08. The van der Waals surface area contributed by atoms with Gasteiger partial charge in [-0.3, -0.25) is 9.59 Å². The maximum atomic E-state index is 12.0. The predicted octanol–water partition coefficient (Wildman–Crippen LogP) is 0.585. The maximum Gasteiger partial charge on any atom is 0.303 e. The van der Waals surface area contributed by atoms with E-state index in [2.05, 4.69) is 0 Å². The quantitative estimate of drug-likeness (QED) is 0.678. The van der Waals surface area contributed by atoms with E-state index in [4.69, 9.17) is 10.8 Å². The number of carboxylic acids is 1. The first-order chi connectivity index (χ1) is 9.40. The summed E-state index contributed by atoms with van der Waals surface area (Å²) in [7, 11) is 1.61. The normalized spacial score (nSPS) is 11.9. The number of aliphatic carboxylic acids is 1. The maximum absolute atomic E-state index is 12.0. The molecule has 0 saturated heterocycles. The number of amides is 1. The molecule has 0 radical (unpaired) electrons. The highest BCUT2D eigenvalue weighted by atomic mass is 16.4. The van der Waals surface area contributed by atoms with Crippen LogP contribution in [-0.4, -0.2) is 46.6 Å². The van der Waals surface area contributed by atoms with Crippen molar-refractivity contribution in [3.63, 3.8) is 0 Å². The molecule has 0 spiro atoms. The summed E-state index contributed by atoms with van der Waals surface area (Å²) < 4.78 is 0. The lowest BCUT2D eigenvalue weighted by Gasteiger charge is -2.21. The second-order valence-electron chi connectivity index (χ2n) is 4.73. The molecular weight excluding hydrogens is 260 g/mol. The van der Waals surface area contributed by atoms with Gasteiger partial charge in [0.2, 0.25) is 5.91 Å². The van der Waals surface area contributed by atoms with Crippen LogP contribution in [0, 0.1) is 0 Å². The van der Waals surface area contributed by atoms with Crippen molar-refractivity contribution in [1.29, 1.82) is 0 Å². The number of nitrogens with two attached hydrogens (primary N) is 1. The molecule has 110 valence electrons. The summed E-state index contributed by atoms with van der Waals surface area (Å²) >= 11 is 0. The first-order valence-electron chi connectivity index (χ1n) is 6.40. The van der Waals surface area contributed by atoms with E-state index in [0.717, 1.165) is 5.56 Å². The Kier molecular flexibility index (Phi) is 5.99. The topological polar surface area (TPSA) is 104 Å². The third-order valence-electron chi connectivity index (χ3n) is 2.97. The number of carbonyl (C=O) groups excluding carboxylic acids is 1. The van der Waals surface area contributed by atoms with Gasteiger partial charge in [0.15, 0.2) is 0 Å². The van der Waals surface area contributed by atoms with Crippen LogP contribution in [0.4, 0.5) is 0 Å². The van der Waals surface area contributed by atoms with Gasteiger partial charge in [0.05, 0.1) is 6.04 Å². The molecule has 0 aliphatic carbocycles. The number of nitrogens with zero attached hydrogens (tertiary/aromatic N) is 1. The van der Waals surface area contributed by atoms with Crippen molar-refractivity contribution in [1.82, 2.24) is 4.90 Å². The number of likely N-dealkylation sites (N-methyl/N-ethyl adjacent to an activating group) is 1. The fourth-order valence-electron chi connectivity index (χ4n) is 1.83. The SMILES string of the molecule is CN(CCCC(=O)O)C(=O)[C@H](N)Cc1ccc(O)cc1. The van der Waals surface area contributed by atoms with E-state index in [1.54, 1.807) is 31.3 Å². The molecule has 6 heteroatoms. The number of hydrogen-bond donors (Lipinski definition) is 3. The van der Waals surface area contributed by atoms with Crippen LogP contribution >= 0.6 is 0 Å². The Bertz CT molecular complexity index is 459. The second kappa shape index (κ2) is 7.49. The van der Waals surface area contributed by atoms with Gasteiger partial charge in [0.25, 0.3) is 0 Å². The van der Waals surface area contributed by atoms with Crippen molar-refractivity contribution >= 4 is 11.9 Å². The smallest absolute Gasteiger partial charge is 0.303 e. The van der Waals surface area contributed by atoms with Crippen LogP contribution in [-0.2, 0) is 16.0 Å². The average Bonchev–Trinajstić information content (AvgIpc) is 2.39. The fourth-order valence-corrected chi connectivity index (χ4v) is 1.83. The van der Waals surface area contributed by atoms with Crippen molar-refractivity contribution in [3.8, 4) is 5.75 Å². The number of rotatable bonds is 7. The molecule has 1 aromatic rings. The van der Waals surface area contributed by atoms with Gasteiger partial charge >= 0.3 is 5.97 Å². The largest absolute Gasteiger partial charge is 0.508 e. The first-order valence-corrected chi connectivity index (χ1v) is 6.40. The lowest BCUT2D eigenvalue weighted by Crippen LogP contribution is -2.43. The van der Waals surface area contributed by atoms with Crippen molar-refractivity contribution < 1.29 is 19.8 Å². The summed E-state index contributed by atoms with van der Waals surface area (Å²) in [6, 6.07) is 5.85. The molecule has 1 amide bonds. The molecule has 0 unspecified atom stereocenters. The summed E-state index contributed by atoms with van der Waals surface area (Å²) in [6.45, 7) is 0.369. The lowest BCUT2D eigenvalue weighted by molar-refractivity contribution is -0.138. The standard InChI is InChI=1S/C14H20N2O4/c1-16(8-2-3-13(18)19)14(20)12(15)9-10-4-6-11(17)7-5-10/h4-7,12,17H,2-3,8-9,15H2,1H3,(H,18,19)/t12-/m1/s1. The molecule has 1 atom stereocenters. The number of benzene rings is 1. The molecule has 4 N–H and O–H groups in total. The van der Waals surface area contributed by atoms with Crippen LogP contribution in [0.15, 0.2) is 24.3 Å². The Morgan fingerprint density at radius 2 is 1.90 bits per heavy atom. The number of carboxylic acid groups (broad SMARTS) is 1. The molecule has 0 aliphatic rings. The summed E-state index contributed by atoms with van der Waals surface area (Å²) in [4.78, 5) is 23.9. The molecule has 1 rings (SSSR count). The summed E-state index contributed by atoms with van der Waals surface area (Å²) in [5.41, 5.74) is 6.71. The summed E-state index contributed by atoms with van der Waals surface area (Å²) in [6.07, 6.45) is 0.816. The predicted molar refractivity (Wildman–Crippen MR) is 74.3 cm³/mol. The monoisotopic (exact) mass is 280 g/mol. The molecule has 0 bridgehead atoms. The minimum Gasteiger partial charge on any atom is -0.508 e. The number of carbonyl (C=O) groups is 2. The third kappa shape index (κ3) is 5.27. The van der Waals surface area contributed by atoms with Gasteiger partial charge in [-0.15, -0.1) is 0 Å². The van der Waals surface area contributed by atoms with Crippen molar-refractivity contribution in [3.05, 3.63) is 29.8 Å². The highest BCUT2D eigenvalue weighted by Gasteiger charge is 2.18. The van der Waals surface area contributed by atoms with Gasteiger partial charge < -0.3 is 20.8 Å². The van der Waals surface area contributed by atoms with Gasteiger partial charge in [0, 0.05) is 20.0 Å². The van der Waals surface area contributed by atoms with Crippen LogP contribution in [0.1, 0.15) is 18.4 Å². The molecule has 1 aromatic carbocycles. The molecule has 6 nitrogen and oxygen atoms in total. The van der Waals surface area contributed by atoms with Crippen molar-refractivity contribution in [2.45, 2.75) is 25.3 Å². The molecule has 0 aromatic heterocycles. The van der Waals surface area contributed by atoms with Gasteiger partial charge in [-0.2, -0.15) is 0 Å². The fraction of sp³-hybridized carbons (Fsp3) is 0.429. The molecule has 20 heavy (non-hydrogen) atoms. The van der Waals surface area contributed by atoms with Crippen molar-refractivity contribution in [2.24, 2.45) is 5.73 Å². The lowest BCUT2D eigenvalue weighted by atomic mass is 10.1. The highest BCUT2D eigenvalue weighted by molar-refractivity contribution is 5.81. The molecule has 0 fully saturated rings. The number of hydrogen-bond acceptors (Lipinski definition) is 4. The van der Waals surface area contributed by atoms with E-state index < -0.39 is 12.0 Å². The Morgan fingerprint density at radius 3 is 2.45 bits per heavy atom. The summed E-state index contributed by atoms with van der Waals surface area (Å²) in [5.74, 6) is -0.929. The van der Waals surface area contributed by atoms with E-state index in [1.807, 2.05) is 0 Å². The van der Waals surface area contributed by atoms with E-state index >= 15 is 0 Å². The highest BCUT2D eigenvalue weighted by Crippen LogP contribution is 2.11. The van der Waals surface area contributed by atoms with Crippen LogP contribution in [0.25, 0.3) is 0 Å². The minimum absolute atomic E-state index is 0.0326. The molecule has 0 aliphatic heterocycles. The average molecular weight is 280 g/mol. The van der Waals surface area contributed by atoms with Gasteiger partial charge in [0.1, 0.15) is 5.75 Å².